The highest BCUT2D eigenvalue weighted by Gasteiger charge is 2.09. The second-order valence-corrected chi connectivity index (χ2v) is 4.83. The van der Waals surface area contributed by atoms with Crippen LogP contribution in [0.2, 0.25) is 0 Å². The molecule has 16 heavy (non-hydrogen) atoms. The van der Waals surface area contributed by atoms with Gasteiger partial charge < -0.3 is 11.1 Å². The summed E-state index contributed by atoms with van der Waals surface area (Å²) in [6.45, 7) is 2.45. The number of nitrogen functional groups attached to an aromatic ring is 1. The van der Waals surface area contributed by atoms with Crippen LogP contribution in [0.25, 0.3) is 0 Å². The Bertz CT molecular complexity index is 393. The van der Waals surface area contributed by atoms with Crippen LogP contribution in [0.1, 0.15) is 13.3 Å². The largest absolute Gasteiger partial charge is 0.398 e. The molecule has 0 heterocycles. The molecular weight excluding hydrogens is 224 g/mol. The molecule has 0 aromatic heterocycles. The van der Waals surface area contributed by atoms with Crippen LogP contribution in [0.4, 0.5) is 5.69 Å². The summed E-state index contributed by atoms with van der Waals surface area (Å²) in [5.74, 6) is 0.227. The molecule has 1 rings (SSSR count). The van der Waals surface area contributed by atoms with E-state index in [1.807, 2.05) is 6.92 Å². The molecule has 3 N–H and O–H groups in total. The molecule has 1 atom stereocenters. The van der Waals surface area contributed by atoms with Crippen LogP contribution in [0, 0.1) is 0 Å². The minimum atomic E-state index is -1.20. The van der Waals surface area contributed by atoms with Crippen molar-refractivity contribution in [1.29, 1.82) is 0 Å². The van der Waals surface area contributed by atoms with Gasteiger partial charge in [0.05, 0.1) is 15.7 Å². The molecule has 0 aliphatic carbocycles. The summed E-state index contributed by atoms with van der Waals surface area (Å²) in [5, 5.41) is 2.66. The maximum absolute atomic E-state index is 11.8. The quantitative estimate of drug-likeness (QED) is 0.751. The lowest BCUT2D eigenvalue weighted by Gasteiger charge is -2.05. The fourth-order valence-corrected chi connectivity index (χ4v) is 2.42. The van der Waals surface area contributed by atoms with Gasteiger partial charge in [0.25, 0.3) is 0 Å². The van der Waals surface area contributed by atoms with Gasteiger partial charge in [-0.25, -0.2) is 0 Å². The predicted octanol–water partition coefficient (Wildman–Crippen LogP) is 0.903. The Hall–Kier alpha value is -1.36. The number of para-hydroxylation sites is 1. The minimum Gasteiger partial charge on any atom is -0.398 e. The summed E-state index contributed by atoms with van der Waals surface area (Å²) in [5.41, 5.74) is 6.20. The number of anilines is 1. The summed E-state index contributed by atoms with van der Waals surface area (Å²) in [4.78, 5) is 11.8. The maximum Gasteiger partial charge on any atom is 0.220 e. The number of nitrogens with one attached hydrogen (secondary N) is 1. The summed E-state index contributed by atoms with van der Waals surface area (Å²) in [7, 11) is -1.20. The SMILES string of the molecule is CCNC(=O)CCS(=O)c1ccccc1N. The molecule has 1 amide bonds. The van der Waals surface area contributed by atoms with E-state index in [2.05, 4.69) is 5.32 Å². The highest BCUT2D eigenvalue weighted by Crippen LogP contribution is 2.15. The second-order valence-electron chi connectivity index (χ2n) is 3.29. The zero-order valence-electron chi connectivity index (χ0n) is 9.23. The van der Waals surface area contributed by atoms with Crippen LogP contribution in [0.15, 0.2) is 29.2 Å². The molecule has 0 radical (unpaired) electrons. The van der Waals surface area contributed by atoms with Crippen molar-refractivity contribution < 1.29 is 9.00 Å². The number of benzene rings is 1. The van der Waals surface area contributed by atoms with Gasteiger partial charge >= 0.3 is 0 Å². The monoisotopic (exact) mass is 240 g/mol. The van der Waals surface area contributed by atoms with Crippen molar-refractivity contribution in [2.45, 2.75) is 18.2 Å². The fraction of sp³-hybridized carbons (Fsp3) is 0.364. The van der Waals surface area contributed by atoms with Crippen molar-refractivity contribution in [2.75, 3.05) is 18.0 Å². The van der Waals surface area contributed by atoms with Gasteiger partial charge in [0.2, 0.25) is 5.91 Å². The Labute approximate surface area is 97.7 Å². The highest BCUT2D eigenvalue weighted by molar-refractivity contribution is 7.85. The van der Waals surface area contributed by atoms with Crippen molar-refractivity contribution in [3.05, 3.63) is 24.3 Å². The molecule has 88 valence electrons. The predicted molar refractivity (Wildman–Crippen MR) is 65.4 cm³/mol. The molecule has 0 spiro atoms. The molecule has 0 saturated heterocycles. The van der Waals surface area contributed by atoms with E-state index in [-0.39, 0.29) is 12.3 Å². The molecule has 5 heteroatoms. The number of carbonyl (C=O) groups excluding carboxylic acids is 1. The van der Waals surface area contributed by atoms with Crippen molar-refractivity contribution >= 4 is 22.4 Å². The molecule has 0 fully saturated rings. The minimum absolute atomic E-state index is 0.0784. The number of hydrogen-bond acceptors (Lipinski definition) is 3. The summed E-state index contributed by atoms with van der Waals surface area (Å²) in [6.07, 6.45) is 0.259. The Balaban J connectivity index is 2.54. The van der Waals surface area contributed by atoms with Crippen LogP contribution >= 0.6 is 0 Å². The lowest BCUT2D eigenvalue weighted by atomic mass is 10.3. The van der Waals surface area contributed by atoms with Gasteiger partial charge in [0.1, 0.15) is 0 Å². The van der Waals surface area contributed by atoms with Gasteiger partial charge in [-0.1, -0.05) is 12.1 Å². The first kappa shape index (κ1) is 12.7. The molecule has 0 saturated carbocycles. The van der Waals surface area contributed by atoms with Crippen molar-refractivity contribution in [3.8, 4) is 0 Å². The summed E-state index contributed by atoms with van der Waals surface area (Å²) >= 11 is 0. The van der Waals surface area contributed by atoms with Gasteiger partial charge in [0, 0.05) is 24.4 Å². The molecule has 1 aromatic carbocycles. The summed E-state index contributed by atoms with van der Waals surface area (Å²) in [6, 6.07) is 7.01. The zero-order chi connectivity index (χ0) is 12.0. The molecular formula is C11H16N2O2S. The van der Waals surface area contributed by atoms with E-state index in [1.165, 1.54) is 0 Å². The van der Waals surface area contributed by atoms with E-state index in [0.717, 1.165) is 0 Å². The van der Waals surface area contributed by atoms with Crippen molar-refractivity contribution in [1.82, 2.24) is 5.32 Å². The molecule has 0 aliphatic rings. The average molecular weight is 240 g/mol. The number of rotatable bonds is 5. The third kappa shape index (κ3) is 3.66. The zero-order valence-corrected chi connectivity index (χ0v) is 10.0. The lowest BCUT2D eigenvalue weighted by Crippen LogP contribution is -2.24. The topological polar surface area (TPSA) is 72.2 Å². The Morgan fingerprint density at radius 1 is 1.44 bits per heavy atom. The number of carbonyl (C=O) groups is 1. The van der Waals surface area contributed by atoms with E-state index in [1.54, 1.807) is 24.3 Å². The molecule has 1 aromatic rings. The normalized spacial score (nSPS) is 12.1. The van der Waals surface area contributed by atoms with Gasteiger partial charge in [-0.15, -0.1) is 0 Å². The Kier molecular flexibility index (Phi) is 4.98. The van der Waals surface area contributed by atoms with Crippen LogP contribution in [-0.4, -0.2) is 22.4 Å². The Morgan fingerprint density at radius 3 is 2.75 bits per heavy atom. The van der Waals surface area contributed by atoms with E-state index in [4.69, 9.17) is 5.73 Å². The summed E-state index contributed by atoms with van der Waals surface area (Å²) < 4.78 is 11.8. The van der Waals surface area contributed by atoms with Crippen LogP contribution < -0.4 is 11.1 Å². The van der Waals surface area contributed by atoms with E-state index in [9.17, 15) is 9.00 Å². The van der Waals surface area contributed by atoms with E-state index >= 15 is 0 Å². The molecule has 0 aliphatic heterocycles. The first-order valence-corrected chi connectivity index (χ1v) is 6.46. The van der Waals surface area contributed by atoms with Crippen LogP contribution in [0.5, 0.6) is 0 Å². The number of nitrogens with two attached hydrogens (primary N) is 1. The molecule has 1 unspecified atom stereocenters. The highest BCUT2D eigenvalue weighted by atomic mass is 32.2. The molecule has 0 bridgehead atoms. The first-order valence-electron chi connectivity index (χ1n) is 5.14. The number of hydrogen-bond donors (Lipinski definition) is 2. The first-order chi connectivity index (χ1) is 7.65. The van der Waals surface area contributed by atoms with E-state index in [0.29, 0.717) is 22.9 Å². The fourth-order valence-electron chi connectivity index (χ4n) is 1.27. The van der Waals surface area contributed by atoms with Crippen molar-refractivity contribution in [2.24, 2.45) is 0 Å². The van der Waals surface area contributed by atoms with Crippen LogP contribution in [0.3, 0.4) is 0 Å². The lowest BCUT2D eigenvalue weighted by molar-refractivity contribution is -0.120. The third-order valence-corrected chi connectivity index (χ3v) is 3.49. The standard InChI is InChI=1S/C11H16N2O2S/c1-2-13-11(14)7-8-16(15)10-6-4-3-5-9(10)12/h3-6H,2,7-8,12H2,1H3,(H,13,14). The number of amides is 1. The van der Waals surface area contributed by atoms with Gasteiger partial charge in [0.15, 0.2) is 0 Å². The molecule has 4 nitrogen and oxygen atoms in total. The van der Waals surface area contributed by atoms with Crippen molar-refractivity contribution in [3.63, 3.8) is 0 Å². The smallest absolute Gasteiger partial charge is 0.220 e. The van der Waals surface area contributed by atoms with Gasteiger partial charge in [-0.3, -0.25) is 9.00 Å². The average Bonchev–Trinajstić information content (AvgIpc) is 2.27. The van der Waals surface area contributed by atoms with E-state index < -0.39 is 10.8 Å². The second kappa shape index (κ2) is 6.27. The van der Waals surface area contributed by atoms with Gasteiger partial charge in [-0.2, -0.15) is 0 Å². The third-order valence-electron chi connectivity index (χ3n) is 2.05. The van der Waals surface area contributed by atoms with Crippen LogP contribution in [-0.2, 0) is 15.6 Å². The Morgan fingerprint density at radius 2 is 2.12 bits per heavy atom. The van der Waals surface area contributed by atoms with Gasteiger partial charge in [-0.05, 0) is 19.1 Å². The maximum atomic E-state index is 11.8.